The molecule has 4 heteroatoms. The van der Waals surface area contributed by atoms with Crippen LogP contribution in [0.2, 0.25) is 5.02 Å². The molecule has 1 aromatic heterocycles. The number of halogens is 1. The predicted octanol–water partition coefficient (Wildman–Crippen LogP) is 3.16. The molecule has 0 spiro atoms. The molecule has 0 aromatic carbocycles. The summed E-state index contributed by atoms with van der Waals surface area (Å²) in [5.41, 5.74) is 1.05. The van der Waals surface area contributed by atoms with Crippen molar-refractivity contribution >= 4 is 11.6 Å². The van der Waals surface area contributed by atoms with Crippen molar-refractivity contribution in [2.24, 2.45) is 0 Å². The Bertz CT molecular complexity index is 378. The van der Waals surface area contributed by atoms with Gasteiger partial charge < -0.3 is 10.1 Å². The van der Waals surface area contributed by atoms with Crippen LogP contribution in [0.25, 0.3) is 0 Å². The molecular formula is C13H19ClN2O. The molecule has 2 rings (SSSR count). The molecule has 0 atom stereocenters. The monoisotopic (exact) mass is 254 g/mol. The van der Waals surface area contributed by atoms with Crippen LogP contribution in [-0.2, 0) is 6.54 Å². The van der Waals surface area contributed by atoms with Crippen molar-refractivity contribution in [2.75, 3.05) is 0 Å². The fraction of sp³-hybridized carbons (Fsp3) is 0.615. The van der Waals surface area contributed by atoms with Crippen LogP contribution >= 0.6 is 11.6 Å². The first-order valence-corrected chi connectivity index (χ1v) is 6.57. The molecule has 1 N–H and O–H groups in total. The maximum absolute atomic E-state index is 6.11. The van der Waals surface area contributed by atoms with Crippen molar-refractivity contribution in [3.8, 4) is 5.88 Å². The molecule has 94 valence electrons. The first-order valence-electron chi connectivity index (χ1n) is 6.19. The smallest absolute Gasteiger partial charge is 0.213 e. The van der Waals surface area contributed by atoms with Crippen molar-refractivity contribution in [3.63, 3.8) is 0 Å². The molecule has 1 fully saturated rings. The van der Waals surface area contributed by atoms with Gasteiger partial charge in [0.05, 0.1) is 5.02 Å². The fourth-order valence-electron chi connectivity index (χ4n) is 1.63. The molecule has 0 radical (unpaired) electrons. The lowest BCUT2D eigenvalue weighted by Gasteiger charge is -2.25. The van der Waals surface area contributed by atoms with Gasteiger partial charge >= 0.3 is 0 Å². The Morgan fingerprint density at radius 3 is 2.88 bits per heavy atom. The maximum atomic E-state index is 6.11. The Morgan fingerprint density at radius 2 is 2.29 bits per heavy atom. The molecule has 0 bridgehead atoms. The Hall–Kier alpha value is -0.800. The highest BCUT2D eigenvalue weighted by Gasteiger charge is 2.19. The van der Waals surface area contributed by atoms with Crippen molar-refractivity contribution in [1.82, 2.24) is 10.3 Å². The lowest BCUT2D eigenvalue weighted by Crippen LogP contribution is -2.25. The zero-order chi connectivity index (χ0) is 12.3. The van der Waals surface area contributed by atoms with Gasteiger partial charge in [-0.25, -0.2) is 4.98 Å². The molecule has 0 unspecified atom stereocenters. The molecule has 1 saturated carbocycles. The maximum Gasteiger partial charge on any atom is 0.213 e. The summed E-state index contributed by atoms with van der Waals surface area (Å²) in [4.78, 5) is 4.21. The van der Waals surface area contributed by atoms with Gasteiger partial charge in [-0.15, -0.1) is 0 Å². The summed E-state index contributed by atoms with van der Waals surface area (Å²) in [5, 5.41) is 4.04. The summed E-state index contributed by atoms with van der Waals surface area (Å²) in [6.45, 7) is 4.97. The summed E-state index contributed by atoms with van der Waals surface area (Å²) < 4.78 is 5.76. The Balaban J connectivity index is 2.00. The predicted molar refractivity (Wildman–Crippen MR) is 69.5 cm³/mol. The van der Waals surface area contributed by atoms with E-state index in [-0.39, 0.29) is 0 Å². The lowest BCUT2D eigenvalue weighted by molar-refractivity contribution is 0.114. The third-order valence-electron chi connectivity index (χ3n) is 2.95. The Kier molecular flexibility index (Phi) is 4.24. The molecule has 0 amide bonds. The van der Waals surface area contributed by atoms with E-state index in [1.807, 2.05) is 6.07 Å². The van der Waals surface area contributed by atoms with Crippen LogP contribution in [0.5, 0.6) is 5.88 Å². The van der Waals surface area contributed by atoms with Crippen LogP contribution in [0.15, 0.2) is 12.3 Å². The Labute approximate surface area is 108 Å². The van der Waals surface area contributed by atoms with Gasteiger partial charge in [0.25, 0.3) is 0 Å². The molecule has 17 heavy (non-hydrogen) atoms. The molecular weight excluding hydrogens is 236 g/mol. The number of hydrogen-bond donors (Lipinski definition) is 1. The second kappa shape index (κ2) is 5.69. The highest BCUT2D eigenvalue weighted by atomic mass is 35.5. The van der Waals surface area contributed by atoms with Crippen molar-refractivity contribution < 1.29 is 4.74 Å². The van der Waals surface area contributed by atoms with Crippen molar-refractivity contribution in [1.29, 1.82) is 0 Å². The minimum atomic E-state index is 0.356. The minimum absolute atomic E-state index is 0.356. The summed E-state index contributed by atoms with van der Waals surface area (Å²) in [7, 11) is 0. The van der Waals surface area contributed by atoms with Crippen LogP contribution in [0.1, 0.15) is 38.7 Å². The number of hydrogen-bond acceptors (Lipinski definition) is 3. The first-order chi connectivity index (χ1) is 8.15. The molecule has 1 aliphatic rings. The summed E-state index contributed by atoms with van der Waals surface area (Å²) >= 11 is 6.11. The average molecular weight is 255 g/mol. The molecule has 1 aliphatic carbocycles. The molecule has 1 heterocycles. The van der Waals surface area contributed by atoms with Gasteiger partial charge in [0.2, 0.25) is 5.88 Å². The van der Waals surface area contributed by atoms with E-state index in [4.69, 9.17) is 16.3 Å². The van der Waals surface area contributed by atoms with Gasteiger partial charge in [-0.05, 0) is 24.8 Å². The third kappa shape index (κ3) is 3.58. The van der Waals surface area contributed by atoms with E-state index < -0.39 is 0 Å². The fourth-order valence-corrected chi connectivity index (χ4v) is 1.80. The lowest BCUT2D eigenvalue weighted by atomic mass is 9.96. The van der Waals surface area contributed by atoms with E-state index >= 15 is 0 Å². The quantitative estimate of drug-likeness (QED) is 0.877. The molecule has 3 nitrogen and oxygen atoms in total. The highest BCUT2D eigenvalue weighted by molar-refractivity contribution is 6.31. The zero-order valence-corrected chi connectivity index (χ0v) is 11.1. The second-order valence-electron chi connectivity index (χ2n) is 4.82. The van der Waals surface area contributed by atoms with Crippen LogP contribution in [0.3, 0.4) is 0 Å². The molecule has 0 saturated heterocycles. The second-order valence-corrected chi connectivity index (χ2v) is 5.23. The number of aromatic nitrogens is 1. The average Bonchev–Trinajstić information content (AvgIpc) is 2.23. The largest absolute Gasteiger partial charge is 0.474 e. The van der Waals surface area contributed by atoms with Crippen LogP contribution in [-0.4, -0.2) is 17.1 Å². The first kappa shape index (κ1) is 12.7. The van der Waals surface area contributed by atoms with E-state index in [0.29, 0.717) is 23.0 Å². The summed E-state index contributed by atoms with van der Waals surface area (Å²) in [6.07, 6.45) is 5.58. The summed E-state index contributed by atoms with van der Waals surface area (Å²) in [5.74, 6) is 0.694. The van der Waals surface area contributed by atoms with E-state index in [1.54, 1.807) is 6.20 Å². The minimum Gasteiger partial charge on any atom is -0.474 e. The number of nitrogens with one attached hydrogen (secondary N) is 1. The van der Waals surface area contributed by atoms with E-state index in [9.17, 15) is 0 Å². The van der Waals surface area contributed by atoms with Crippen molar-refractivity contribution in [3.05, 3.63) is 22.8 Å². The summed E-state index contributed by atoms with van der Waals surface area (Å²) in [6, 6.07) is 2.38. The van der Waals surface area contributed by atoms with E-state index in [1.165, 1.54) is 6.42 Å². The van der Waals surface area contributed by atoms with Crippen LogP contribution in [0, 0.1) is 0 Å². The standard InChI is InChI=1S/C13H19ClN2O/c1-9(2)15-7-10-6-13(16-8-12(10)14)17-11-4-3-5-11/h6,8-9,11,15H,3-5,7H2,1-2H3. The van der Waals surface area contributed by atoms with Crippen LogP contribution in [0.4, 0.5) is 0 Å². The van der Waals surface area contributed by atoms with Gasteiger partial charge in [-0.1, -0.05) is 25.4 Å². The number of pyridine rings is 1. The zero-order valence-electron chi connectivity index (χ0n) is 10.4. The normalized spacial score (nSPS) is 16.0. The number of ether oxygens (including phenoxy) is 1. The van der Waals surface area contributed by atoms with Gasteiger partial charge in [-0.3, -0.25) is 0 Å². The van der Waals surface area contributed by atoms with Crippen molar-refractivity contribution in [2.45, 2.75) is 51.8 Å². The third-order valence-corrected chi connectivity index (χ3v) is 3.29. The van der Waals surface area contributed by atoms with Gasteiger partial charge in [0.15, 0.2) is 0 Å². The number of rotatable bonds is 5. The number of nitrogens with zero attached hydrogens (tertiary/aromatic N) is 1. The van der Waals surface area contributed by atoms with Gasteiger partial charge in [-0.2, -0.15) is 0 Å². The van der Waals surface area contributed by atoms with Gasteiger partial charge in [0, 0.05) is 24.8 Å². The SMILES string of the molecule is CC(C)NCc1cc(OC2CCC2)ncc1Cl. The van der Waals surface area contributed by atoms with E-state index in [2.05, 4.69) is 24.1 Å². The van der Waals surface area contributed by atoms with Gasteiger partial charge in [0.1, 0.15) is 6.10 Å². The van der Waals surface area contributed by atoms with E-state index in [0.717, 1.165) is 24.9 Å². The topological polar surface area (TPSA) is 34.1 Å². The highest BCUT2D eigenvalue weighted by Crippen LogP contribution is 2.26. The molecule has 1 aromatic rings. The Morgan fingerprint density at radius 1 is 1.53 bits per heavy atom. The molecule has 0 aliphatic heterocycles. The van der Waals surface area contributed by atoms with Crippen LogP contribution < -0.4 is 10.1 Å².